The Morgan fingerprint density at radius 1 is 1.25 bits per heavy atom. The highest BCUT2D eigenvalue weighted by atomic mass is 32.2. The highest BCUT2D eigenvalue weighted by Crippen LogP contribution is 2.48. The number of hydrogen-bond donors (Lipinski definition) is 2. The van der Waals surface area contributed by atoms with Gasteiger partial charge in [0.15, 0.2) is 5.72 Å². The summed E-state index contributed by atoms with van der Waals surface area (Å²) in [7, 11) is -2.83. The number of alkyl carbamates (subject to hydrolysis) is 1. The Bertz CT molecular complexity index is 1030. The minimum Gasteiger partial charge on any atom is -0.423 e. The number of halogens is 1. The van der Waals surface area contributed by atoms with Crippen LogP contribution in [0.15, 0.2) is 27.6 Å². The molecule has 0 unspecified atom stereocenters. The van der Waals surface area contributed by atoms with Gasteiger partial charge in [-0.2, -0.15) is 0 Å². The normalized spacial score (nSPS) is 35.1. The van der Waals surface area contributed by atoms with Crippen molar-refractivity contribution >= 4 is 27.3 Å². The second-order valence-electron chi connectivity index (χ2n) is 8.66. The molecule has 1 amide bonds. The lowest BCUT2D eigenvalue weighted by molar-refractivity contribution is 0.0625. The highest BCUT2D eigenvalue weighted by molar-refractivity contribution is 7.96. The molecule has 2 N–H and O–H groups in total. The number of nitrogens with one attached hydrogen (secondary N) is 2. The molecule has 4 bridgehead atoms. The molecule has 9 heteroatoms. The van der Waals surface area contributed by atoms with Crippen LogP contribution in [0.1, 0.15) is 46.6 Å². The van der Waals surface area contributed by atoms with Gasteiger partial charge in [0.2, 0.25) is 0 Å². The predicted octanol–water partition coefficient (Wildman–Crippen LogP) is 3.36. The van der Waals surface area contributed by atoms with Crippen molar-refractivity contribution in [2.75, 3.05) is 11.9 Å². The number of cyclic esters (lactones) is 1. The summed E-state index contributed by atoms with van der Waals surface area (Å²) in [4.78, 5) is 17.4. The largest absolute Gasteiger partial charge is 0.423 e. The quantitative estimate of drug-likeness (QED) is 0.689. The third-order valence-electron chi connectivity index (χ3n) is 5.86. The lowest BCUT2D eigenvalue weighted by Gasteiger charge is -2.45. The summed E-state index contributed by atoms with van der Waals surface area (Å²) in [5.74, 6) is -0.233. The van der Waals surface area contributed by atoms with Crippen LogP contribution in [0.4, 0.5) is 14.9 Å². The van der Waals surface area contributed by atoms with Crippen molar-refractivity contribution in [1.82, 2.24) is 5.32 Å². The topological polar surface area (TPSA) is 92.1 Å². The summed E-state index contributed by atoms with van der Waals surface area (Å²) in [5, 5.41) is 5.31. The number of rotatable bonds is 0. The van der Waals surface area contributed by atoms with E-state index in [-0.39, 0.29) is 5.84 Å². The SMILES string of the molecule is CC1(C)Nc2ccc(F)c(c2)[C@@]2(C)N=C(NC(=O)O1)C(C)(C)[S@@]1(=O)=NCC[C@@H]21. The van der Waals surface area contributed by atoms with E-state index in [1.54, 1.807) is 46.8 Å². The summed E-state index contributed by atoms with van der Waals surface area (Å²) in [5.41, 5.74) is -1.27. The molecular weight excluding hydrogens is 383 g/mol. The second-order valence-corrected chi connectivity index (χ2v) is 11.6. The molecule has 1 aromatic carbocycles. The smallest absolute Gasteiger partial charge is 0.414 e. The Kier molecular flexibility index (Phi) is 3.89. The number of amidine groups is 1. The van der Waals surface area contributed by atoms with Gasteiger partial charge in [-0.05, 0) is 59.2 Å². The number of benzene rings is 1. The van der Waals surface area contributed by atoms with Gasteiger partial charge in [-0.15, -0.1) is 0 Å². The first-order valence-corrected chi connectivity index (χ1v) is 10.9. The van der Waals surface area contributed by atoms with Gasteiger partial charge in [0.25, 0.3) is 0 Å². The fourth-order valence-electron chi connectivity index (χ4n) is 4.37. The predicted molar refractivity (Wildman–Crippen MR) is 106 cm³/mol. The Labute approximate surface area is 164 Å². The Hall–Kier alpha value is -2.16. The van der Waals surface area contributed by atoms with Gasteiger partial charge in [-0.1, -0.05) is 0 Å². The van der Waals surface area contributed by atoms with Crippen LogP contribution in [0.25, 0.3) is 0 Å². The van der Waals surface area contributed by atoms with Gasteiger partial charge >= 0.3 is 6.09 Å². The Morgan fingerprint density at radius 2 is 1.96 bits per heavy atom. The number of aliphatic imine (C=N–C) groups is 1. The standard InChI is InChI=1S/C19H25FN4O3S/c1-17(2)15-22-16(25)27-18(3,4)23-11-6-7-13(20)12(10-11)19(5,24-15)14-8-9-21-28(14,17)26/h6-7,10,14,23H,8-9H2,1-5H3,(H,22,24,25)/t14-,19+,28+/m0/s1. The molecule has 3 aliphatic rings. The highest BCUT2D eigenvalue weighted by Gasteiger charge is 2.58. The van der Waals surface area contributed by atoms with Crippen molar-refractivity contribution in [3.8, 4) is 0 Å². The fourth-order valence-corrected chi connectivity index (χ4v) is 7.56. The zero-order valence-electron chi connectivity index (χ0n) is 16.6. The average molecular weight is 408 g/mol. The van der Waals surface area contributed by atoms with Crippen molar-refractivity contribution in [3.63, 3.8) is 0 Å². The number of carbonyl (C=O) groups excluding carboxylic acids is 1. The van der Waals surface area contributed by atoms with Crippen LogP contribution in [0.3, 0.4) is 0 Å². The van der Waals surface area contributed by atoms with E-state index in [4.69, 9.17) is 9.73 Å². The molecular formula is C19H25FN4O3S. The molecule has 28 heavy (non-hydrogen) atoms. The van der Waals surface area contributed by atoms with E-state index in [1.807, 2.05) is 0 Å². The molecule has 3 heterocycles. The molecule has 4 rings (SSSR count). The van der Waals surface area contributed by atoms with Crippen molar-refractivity contribution in [1.29, 1.82) is 0 Å². The van der Waals surface area contributed by atoms with E-state index in [9.17, 15) is 13.4 Å². The first-order chi connectivity index (χ1) is 12.9. The van der Waals surface area contributed by atoms with E-state index in [1.165, 1.54) is 6.07 Å². The minimum atomic E-state index is -2.83. The first-order valence-electron chi connectivity index (χ1n) is 9.29. The lowest BCUT2D eigenvalue weighted by Crippen LogP contribution is -2.60. The summed E-state index contributed by atoms with van der Waals surface area (Å²) in [6.07, 6.45) is -0.177. The van der Waals surface area contributed by atoms with Crippen LogP contribution < -0.4 is 10.6 Å². The van der Waals surface area contributed by atoms with Crippen LogP contribution in [0, 0.1) is 5.82 Å². The van der Waals surface area contributed by atoms with E-state index in [2.05, 4.69) is 15.0 Å². The maximum absolute atomic E-state index is 15.0. The fraction of sp³-hybridized carbons (Fsp3) is 0.579. The lowest BCUT2D eigenvalue weighted by atomic mass is 9.85. The van der Waals surface area contributed by atoms with Gasteiger partial charge < -0.3 is 10.1 Å². The molecule has 3 aliphatic heterocycles. The summed E-state index contributed by atoms with van der Waals surface area (Å²) in [6.45, 7) is 9.09. The molecule has 0 aliphatic carbocycles. The molecule has 3 atom stereocenters. The first kappa shape index (κ1) is 19.2. The van der Waals surface area contributed by atoms with E-state index < -0.39 is 42.9 Å². The molecule has 1 aromatic rings. The summed E-state index contributed by atoms with van der Waals surface area (Å²) >= 11 is 0. The second kappa shape index (κ2) is 5.68. The van der Waals surface area contributed by atoms with Crippen molar-refractivity contribution < 1.29 is 18.1 Å². The van der Waals surface area contributed by atoms with Crippen molar-refractivity contribution in [3.05, 3.63) is 29.6 Å². The molecule has 0 fully saturated rings. The minimum absolute atomic E-state index is 0.203. The Balaban J connectivity index is 2.04. The number of hydrogen-bond acceptors (Lipinski definition) is 6. The molecule has 0 spiro atoms. The summed E-state index contributed by atoms with van der Waals surface area (Å²) < 4.78 is 38.0. The Morgan fingerprint density at radius 3 is 2.68 bits per heavy atom. The van der Waals surface area contributed by atoms with E-state index in [0.29, 0.717) is 24.2 Å². The van der Waals surface area contributed by atoms with E-state index >= 15 is 0 Å². The summed E-state index contributed by atoms with van der Waals surface area (Å²) in [6, 6.07) is 4.60. The zero-order chi connectivity index (χ0) is 20.5. The van der Waals surface area contributed by atoms with Crippen LogP contribution in [-0.4, -0.2) is 38.4 Å². The van der Waals surface area contributed by atoms with E-state index in [0.717, 1.165) is 0 Å². The number of fused-ring (bicyclic) bond motifs is 6. The van der Waals surface area contributed by atoms with Gasteiger partial charge in [0.1, 0.15) is 21.9 Å². The van der Waals surface area contributed by atoms with Gasteiger partial charge in [-0.3, -0.25) is 10.3 Å². The third-order valence-corrected chi connectivity index (χ3v) is 9.55. The molecule has 7 nitrogen and oxygen atoms in total. The van der Waals surface area contributed by atoms with Crippen molar-refractivity contribution in [2.45, 2.75) is 62.3 Å². The van der Waals surface area contributed by atoms with Gasteiger partial charge in [-0.25, -0.2) is 17.8 Å². The van der Waals surface area contributed by atoms with Crippen LogP contribution in [0.5, 0.6) is 0 Å². The number of nitrogens with zero attached hydrogens (tertiary/aromatic N) is 2. The van der Waals surface area contributed by atoms with Crippen LogP contribution >= 0.6 is 0 Å². The van der Waals surface area contributed by atoms with Crippen LogP contribution in [0.2, 0.25) is 0 Å². The number of ether oxygens (including phenoxy) is 1. The van der Waals surface area contributed by atoms with Gasteiger partial charge in [0, 0.05) is 17.8 Å². The average Bonchev–Trinajstić information content (AvgIpc) is 2.98. The maximum atomic E-state index is 15.0. The number of amides is 1. The zero-order valence-corrected chi connectivity index (χ0v) is 17.4. The van der Waals surface area contributed by atoms with Gasteiger partial charge in [0.05, 0.1) is 15.0 Å². The molecule has 0 aromatic heterocycles. The molecule has 0 radical (unpaired) electrons. The molecule has 0 saturated heterocycles. The molecule has 0 saturated carbocycles. The number of carbonyl (C=O) groups is 1. The monoisotopic (exact) mass is 408 g/mol. The maximum Gasteiger partial charge on any atom is 0.414 e. The van der Waals surface area contributed by atoms with Crippen LogP contribution in [-0.2, 0) is 20.0 Å². The number of anilines is 1. The third kappa shape index (κ3) is 2.55. The molecule has 152 valence electrons. The van der Waals surface area contributed by atoms with Crippen molar-refractivity contribution in [2.24, 2.45) is 9.36 Å².